The van der Waals surface area contributed by atoms with Crippen LogP contribution in [-0.2, 0) is 0 Å². The highest BCUT2D eigenvalue weighted by atomic mass is 35.5. The summed E-state index contributed by atoms with van der Waals surface area (Å²) >= 11 is 5.99. The van der Waals surface area contributed by atoms with Crippen LogP contribution in [0.4, 0.5) is 0 Å². The Bertz CT molecular complexity index is 683. The van der Waals surface area contributed by atoms with Crippen LogP contribution in [0.25, 0.3) is 0 Å². The number of phenols is 1. The first-order valence-corrected chi connectivity index (χ1v) is 7.00. The van der Waals surface area contributed by atoms with E-state index in [0.29, 0.717) is 11.4 Å². The molecular weight excluding hydrogens is 288 g/mol. The second-order valence-corrected chi connectivity index (χ2v) is 5.31. The smallest absolute Gasteiger partial charge is 0.121 e. The molecule has 3 rings (SSSR count). The Morgan fingerprint density at radius 2 is 2.00 bits per heavy atom. The van der Waals surface area contributed by atoms with Gasteiger partial charge in [-0.1, -0.05) is 11.6 Å². The number of halogens is 1. The first-order valence-electron chi connectivity index (χ1n) is 6.62. The van der Waals surface area contributed by atoms with E-state index in [1.54, 1.807) is 25.3 Å². The molecule has 0 saturated carbocycles. The predicted octanol–water partition coefficient (Wildman–Crippen LogP) is 3.49. The molecule has 2 aromatic carbocycles. The van der Waals surface area contributed by atoms with E-state index in [-0.39, 0.29) is 11.8 Å². The predicted molar refractivity (Wildman–Crippen MR) is 83.1 cm³/mol. The Morgan fingerprint density at radius 3 is 2.71 bits per heavy atom. The minimum atomic E-state index is -0.0687. The van der Waals surface area contributed by atoms with E-state index in [1.807, 2.05) is 24.3 Å². The zero-order chi connectivity index (χ0) is 14.8. The Labute approximate surface area is 128 Å². The summed E-state index contributed by atoms with van der Waals surface area (Å²) in [4.78, 5) is 0. The fraction of sp³-hybridized carbons (Fsp3) is 0.188. The third-order valence-electron chi connectivity index (χ3n) is 3.54. The van der Waals surface area contributed by atoms with Gasteiger partial charge in [0.25, 0.3) is 0 Å². The van der Waals surface area contributed by atoms with Crippen LogP contribution in [0.1, 0.15) is 23.6 Å². The highest BCUT2D eigenvalue weighted by molar-refractivity contribution is 6.30. The Morgan fingerprint density at radius 1 is 1.24 bits per heavy atom. The van der Waals surface area contributed by atoms with Gasteiger partial charge in [0.1, 0.15) is 11.5 Å². The van der Waals surface area contributed by atoms with Crippen LogP contribution < -0.4 is 10.2 Å². The molecule has 0 aliphatic carbocycles. The van der Waals surface area contributed by atoms with Gasteiger partial charge in [-0.3, -0.25) is 0 Å². The van der Waals surface area contributed by atoms with E-state index in [0.717, 1.165) is 22.6 Å². The van der Waals surface area contributed by atoms with Crippen LogP contribution in [0.15, 0.2) is 47.6 Å². The van der Waals surface area contributed by atoms with Crippen LogP contribution in [0.2, 0.25) is 5.02 Å². The fourth-order valence-corrected chi connectivity index (χ4v) is 2.57. The molecule has 0 spiro atoms. The molecule has 1 aliphatic heterocycles. The van der Waals surface area contributed by atoms with E-state index in [9.17, 15) is 5.11 Å². The molecular formula is C16H15ClN2O2. The van der Waals surface area contributed by atoms with Crippen LogP contribution >= 0.6 is 11.6 Å². The van der Waals surface area contributed by atoms with Crippen LogP contribution in [0.5, 0.6) is 11.5 Å². The van der Waals surface area contributed by atoms with Crippen LogP contribution in [0.3, 0.4) is 0 Å². The molecule has 1 heterocycles. The highest BCUT2D eigenvalue weighted by Crippen LogP contribution is 2.32. The van der Waals surface area contributed by atoms with Crippen molar-refractivity contribution < 1.29 is 9.84 Å². The molecule has 0 bridgehead atoms. The van der Waals surface area contributed by atoms with Gasteiger partial charge in [-0.15, -0.1) is 0 Å². The second kappa shape index (κ2) is 5.66. The lowest BCUT2D eigenvalue weighted by Crippen LogP contribution is -2.10. The number of hydrazone groups is 1. The zero-order valence-corrected chi connectivity index (χ0v) is 12.3. The van der Waals surface area contributed by atoms with Gasteiger partial charge in [0.2, 0.25) is 0 Å². The van der Waals surface area contributed by atoms with Gasteiger partial charge in [0, 0.05) is 17.0 Å². The number of rotatable bonds is 3. The maximum Gasteiger partial charge on any atom is 0.121 e. The minimum absolute atomic E-state index is 0.0687. The van der Waals surface area contributed by atoms with Crippen molar-refractivity contribution in [3.05, 3.63) is 58.6 Å². The molecule has 5 heteroatoms. The molecule has 21 heavy (non-hydrogen) atoms. The Hall–Kier alpha value is -2.20. The molecule has 0 radical (unpaired) electrons. The van der Waals surface area contributed by atoms with Crippen molar-refractivity contribution in [1.29, 1.82) is 0 Å². The SMILES string of the molecule is COc1ccc(C2=NNC(c3cc(Cl)ccc3O)C2)cc1. The van der Waals surface area contributed by atoms with Crippen LogP contribution in [0, 0.1) is 0 Å². The lowest BCUT2D eigenvalue weighted by atomic mass is 9.98. The minimum Gasteiger partial charge on any atom is -0.508 e. The Kier molecular flexibility index (Phi) is 3.71. The van der Waals surface area contributed by atoms with Gasteiger partial charge in [0.15, 0.2) is 0 Å². The van der Waals surface area contributed by atoms with Gasteiger partial charge in [0.05, 0.1) is 18.9 Å². The molecule has 108 valence electrons. The number of nitrogens with one attached hydrogen (secondary N) is 1. The lowest BCUT2D eigenvalue weighted by Gasteiger charge is -2.12. The Balaban J connectivity index is 1.79. The third kappa shape index (κ3) is 2.81. The maximum atomic E-state index is 9.95. The molecule has 2 N–H and O–H groups in total. The summed E-state index contributed by atoms with van der Waals surface area (Å²) in [7, 11) is 1.64. The maximum absolute atomic E-state index is 9.95. The number of benzene rings is 2. The number of ether oxygens (including phenoxy) is 1. The quantitative estimate of drug-likeness (QED) is 0.912. The molecule has 0 aromatic heterocycles. The molecule has 1 unspecified atom stereocenters. The van der Waals surface area contributed by atoms with E-state index in [1.165, 1.54) is 0 Å². The summed E-state index contributed by atoms with van der Waals surface area (Å²) < 4.78 is 5.15. The molecule has 0 amide bonds. The van der Waals surface area contributed by atoms with Crippen LogP contribution in [-0.4, -0.2) is 17.9 Å². The van der Waals surface area contributed by atoms with Crippen molar-refractivity contribution in [2.24, 2.45) is 5.10 Å². The van der Waals surface area contributed by atoms with Crippen molar-refractivity contribution >= 4 is 17.3 Å². The molecule has 2 aromatic rings. The number of phenolic OH excluding ortho intramolecular Hbond substituents is 1. The second-order valence-electron chi connectivity index (χ2n) is 4.88. The molecule has 1 atom stereocenters. The largest absolute Gasteiger partial charge is 0.508 e. The monoisotopic (exact) mass is 302 g/mol. The number of methoxy groups -OCH3 is 1. The fourth-order valence-electron chi connectivity index (χ4n) is 2.39. The van der Waals surface area contributed by atoms with E-state index >= 15 is 0 Å². The summed E-state index contributed by atoms with van der Waals surface area (Å²) in [5, 5.41) is 14.9. The van der Waals surface area contributed by atoms with Crippen molar-refractivity contribution in [2.45, 2.75) is 12.5 Å². The normalized spacial score (nSPS) is 17.2. The summed E-state index contributed by atoms with van der Waals surface area (Å²) in [5.41, 5.74) is 5.80. The number of hydrogen-bond acceptors (Lipinski definition) is 4. The zero-order valence-electron chi connectivity index (χ0n) is 11.5. The highest BCUT2D eigenvalue weighted by Gasteiger charge is 2.23. The molecule has 4 nitrogen and oxygen atoms in total. The lowest BCUT2D eigenvalue weighted by molar-refractivity contribution is 0.415. The average molecular weight is 303 g/mol. The van der Waals surface area contributed by atoms with Gasteiger partial charge < -0.3 is 15.3 Å². The third-order valence-corrected chi connectivity index (χ3v) is 3.78. The average Bonchev–Trinajstić information content (AvgIpc) is 2.99. The number of aromatic hydroxyl groups is 1. The first-order chi connectivity index (χ1) is 10.2. The van der Waals surface area contributed by atoms with E-state index in [4.69, 9.17) is 16.3 Å². The summed E-state index contributed by atoms with van der Waals surface area (Å²) in [6.45, 7) is 0. The van der Waals surface area contributed by atoms with Gasteiger partial charge >= 0.3 is 0 Å². The van der Waals surface area contributed by atoms with Gasteiger partial charge in [-0.05, 0) is 48.0 Å². The summed E-state index contributed by atoms with van der Waals surface area (Å²) in [6.07, 6.45) is 0.695. The van der Waals surface area contributed by atoms with Crippen molar-refractivity contribution in [2.75, 3.05) is 7.11 Å². The van der Waals surface area contributed by atoms with Crippen molar-refractivity contribution in [1.82, 2.24) is 5.43 Å². The van der Waals surface area contributed by atoms with E-state index < -0.39 is 0 Å². The van der Waals surface area contributed by atoms with Gasteiger partial charge in [-0.2, -0.15) is 5.10 Å². The first kappa shape index (κ1) is 13.8. The summed E-state index contributed by atoms with van der Waals surface area (Å²) in [5.74, 6) is 1.04. The standard InChI is InChI=1S/C16H15ClN2O2/c1-21-12-5-2-10(3-6-12)14-9-15(19-18-14)13-8-11(17)4-7-16(13)20/h2-8,15,19-20H,9H2,1H3. The van der Waals surface area contributed by atoms with Crippen molar-refractivity contribution in [3.63, 3.8) is 0 Å². The summed E-state index contributed by atoms with van der Waals surface area (Å²) in [6, 6.07) is 12.7. The molecule has 1 aliphatic rings. The molecule has 0 saturated heterocycles. The number of nitrogens with zero attached hydrogens (tertiary/aromatic N) is 1. The number of hydrogen-bond donors (Lipinski definition) is 2. The van der Waals surface area contributed by atoms with Gasteiger partial charge in [-0.25, -0.2) is 0 Å². The van der Waals surface area contributed by atoms with Crippen molar-refractivity contribution in [3.8, 4) is 11.5 Å². The molecule has 0 fully saturated rings. The van der Waals surface area contributed by atoms with E-state index in [2.05, 4.69) is 10.5 Å². The topological polar surface area (TPSA) is 53.8 Å².